The molecule has 1 aliphatic heterocycles. The van der Waals surface area contributed by atoms with Gasteiger partial charge < -0.3 is 16.0 Å². The van der Waals surface area contributed by atoms with Gasteiger partial charge in [-0.25, -0.2) is 8.78 Å². The first-order valence-electron chi connectivity index (χ1n) is 9.36. The van der Waals surface area contributed by atoms with E-state index in [0.29, 0.717) is 25.3 Å². The van der Waals surface area contributed by atoms with Gasteiger partial charge in [-0.05, 0) is 30.2 Å². The zero-order chi connectivity index (χ0) is 19.7. The molecule has 2 aromatic carbocycles. The Hall–Kier alpha value is -2.96. The van der Waals surface area contributed by atoms with Crippen LogP contribution in [0.3, 0.4) is 0 Å². The fraction of sp³-hybridized carbons (Fsp3) is 0.333. The third kappa shape index (κ3) is 3.69. The molecule has 1 aliphatic carbocycles. The van der Waals surface area contributed by atoms with Crippen molar-refractivity contribution in [2.24, 2.45) is 4.99 Å². The normalized spacial score (nSPS) is 23.6. The monoisotopic (exact) mass is 384 g/mol. The molecule has 1 amide bonds. The van der Waals surface area contributed by atoms with Crippen molar-refractivity contribution in [1.29, 1.82) is 0 Å². The van der Waals surface area contributed by atoms with Gasteiger partial charge in [-0.3, -0.25) is 9.79 Å². The molecule has 3 unspecified atom stereocenters. The molecule has 0 spiro atoms. The van der Waals surface area contributed by atoms with Crippen LogP contribution in [-0.4, -0.2) is 31.5 Å². The van der Waals surface area contributed by atoms with Gasteiger partial charge in [0.15, 0.2) is 5.96 Å². The van der Waals surface area contributed by atoms with Crippen molar-refractivity contribution in [1.82, 2.24) is 10.6 Å². The van der Waals surface area contributed by atoms with Crippen LogP contribution in [-0.2, 0) is 4.79 Å². The van der Waals surface area contributed by atoms with Crippen LogP contribution >= 0.6 is 0 Å². The number of benzene rings is 2. The van der Waals surface area contributed by atoms with E-state index in [4.69, 9.17) is 0 Å². The van der Waals surface area contributed by atoms with Gasteiger partial charge in [0.05, 0.1) is 0 Å². The lowest BCUT2D eigenvalue weighted by Crippen LogP contribution is -2.42. The lowest BCUT2D eigenvalue weighted by atomic mass is 9.90. The summed E-state index contributed by atoms with van der Waals surface area (Å²) in [6, 6.07) is 11.6. The molecular formula is C21H22F2N4O. The summed E-state index contributed by atoms with van der Waals surface area (Å²) in [5.74, 6) is -0.647. The van der Waals surface area contributed by atoms with Gasteiger partial charge >= 0.3 is 0 Å². The van der Waals surface area contributed by atoms with Crippen molar-refractivity contribution in [3.8, 4) is 0 Å². The topological polar surface area (TPSA) is 65.5 Å². The summed E-state index contributed by atoms with van der Waals surface area (Å²) in [5, 5.41) is 9.35. The molecule has 2 aromatic rings. The second-order valence-electron chi connectivity index (χ2n) is 7.22. The van der Waals surface area contributed by atoms with Crippen LogP contribution < -0.4 is 16.0 Å². The van der Waals surface area contributed by atoms with Crippen molar-refractivity contribution in [3.63, 3.8) is 0 Å². The molecule has 0 aromatic heterocycles. The molecule has 1 heterocycles. The number of halogens is 2. The number of anilines is 1. The molecule has 4 rings (SSSR count). The Morgan fingerprint density at radius 2 is 1.93 bits per heavy atom. The number of fused-ring (bicyclic) bond motifs is 1. The number of para-hydroxylation sites is 1. The molecule has 5 nitrogen and oxygen atoms in total. The maximum atomic E-state index is 14.0. The van der Waals surface area contributed by atoms with E-state index in [2.05, 4.69) is 20.9 Å². The molecule has 0 radical (unpaired) electrons. The van der Waals surface area contributed by atoms with Crippen LogP contribution in [0.5, 0.6) is 0 Å². The molecule has 2 aliphatic rings. The minimum Gasteiger partial charge on any atom is -0.356 e. The van der Waals surface area contributed by atoms with Crippen molar-refractivity contribution < 1.29 is 13.6 Å². The third-order valence-electron chi connectivity index (χ3n) is 5.33. The maximum Gasteiger partial charge on any atom is 0.225 e. The zero-order valence-electron chi connectivity index (χ0n) is 15.5. The third-order valence-corrected chi connectivity index (χ3v) is 5.33. The number of amides is 1. The van der Waals surface area contributed by atoms with E-state index in [-0.39, 0.29) is 29.3 Å². The van der Waals surface area contributed by atoms with E-state index in [0.717, 1.165) is 11.3 Å². The van der Waals surface area contributed by atoms with E-state index in [1.807, 2.05) is 24.3 Å². The summed E-state index contributed by atoms with van der Waals surface area (Å²) >= 11 is 0. The Labute approximate surface area is 162 Å². The van der Waals surface area contributed by atoms with E-state index >= 15 is 0 Å². The molecule has 28 heavy (non-hydrogen) atoms. The molecule has 146 valence electrons. The largest absolute Gasteiger partial charge is 0.356 e. The Morgan fingerprint density at radius 3 is 2.68 bits per heavy atom. The Kier molecular flexibility index (Phi) is 4.98. The van der Waals surface area contributed by atoms with Gasteiger partial charge in [0.25, 0.3) is 0 Å². The average molecular weight is 384 g/mol. The molecule has 1 saturated carbocycles. The highest BCUT2D eigenvalue weighted by molar-refractivity contribution is 5.94. The van der Waals surface area contributed by atoms with E-state index in [9.17, 15) is 13.6 Å². The van der Waals surface area contributed by atoms with Crippen LogP contribution in [0.1, 0.15) is 35.8 Å². The van der Waals surface area contributed by atoms with Gasteiger partial charge in [-0.15, -0.1) is 0 Å². The summed E-state index contributed by atoms with van der Waals surface area (Å²) in [7, 11) is 1.65. The summed E-state index contributed by atoms with van der Waals surface area (Å²) in [6.45, 7) is 0.537. The number of hydrogen-bond donors (Lipinski definition) is 3. The lowest BCUT2D eigenvalue weighted by molar-refractivity contribution is -0.116. The SMILES string of the molecule is CN=C(NCC1CC(=O)Nc2ccccc21)NC1CC1c1c(F)cccc1F. The number of hydrogen-bond acceptors (Lipinski definition) is 2. The van der Waals surface area contributed by atoms with Crippen molar-refractivity contribution >= 4 is 17.6 Å². The van der Waals surface area contributed by atoms with Crippen LogP contribution in [0.2, 0.25) is 0 Å². The molecule has 7 heteroatoms. The minimum absolute atomic E-state index is 0.00858. The van der Waals surface area contributed by atoms with E-state index < -0.39 is 11.6 Å². The minimum atomic E-state index is -0.512. The van der Waals surface area contributed by atoms with Crippen LogP contribution in [0.4, 0.5) is 14.5 Å². The standard InChI is InChI=1S/C21H22F2N4O/c1-24-21(27-18-10-14(18)20-15(22)6-4-7-16(20)23)25-11-12-9-19(28)26-17-8-3-2-5-13(12)17/h2-8,12,14,18H,9-11H2,1H3,(H,26,28)(H2,24,25,27). The van der Waals surface area contributed by atoms with Gasteiger partial charge in [-0.1, -0.05) is 24.3 Å². The summed E-state index contributed by atoms with van der Waals surface area (Å²) < 4.78 is 27.9. The lowest BCUT2D eigenvalue weighted by Gasteiger charge is -2.26. The van der Waals surface area contributed by atoms with Crippen molar-refractivity contribution in [2.45, 2.75) is 30.7 Å². The highest BCUT2D eigenvalue weighted by atomic mass is 19.1. The highest BCUT2D eigenvalue weighted by Crippen LogP contribution is 2.43. The van der Waals surface area contributed by atoms with Crippen molar-refractivity contribution in [3.05, 3.63) is 65.2 Å². The number of guanidine groups is 1. The Balaban J connectivity index is 1.38. The van der Waals surface area contributed by atoms with Gasteiger partial charge in [0.1, 0.15) is 11.6 Å². The second-order valence-corrected chi connectivity index (χ2v) is 7.22. The first-order valence-corrected chi connectivity index (χ1v) is 9.36. The summed E-state index contributed by atoms with van der Waals surface area (Å²) in [5.41, 5.74) is 2.06. The molecular weight excluding hydrogens is 362 g/mol. The second kappa shape index (κ2) is 7.58. The summed E-state index contributed by atoms with van der Waals surface area (Å²) in [6.07, 6.45) is 1.04. The maximum absolute atomic E-state index is 14.0. The number of aliphatic imine (C=N–C) groups is 1. The van der Waals surface area contributed by atoms with Gasteiger partial charge in [0, 0.05) is 49.1 Å². The molecule has 3 N–H and O–H groups in total. The Morgan fingerprint density at radius 1 is 1.18 bits per heavy atom. The van der Waals surface area contributed by atoms with Crippen LogP contribution in [0.25, 0.3) is 0 Å². The number of carbonyl (C=O) groups excluding carboxylic acids is 1. The number of nitrogens with zero attached hydrogens (tertiary/aromatic N) is 1. The van der Waals surface area contributed by atoms with Gasteiger partial charge in [-0.2, -0.15) is 0 Å². The first-order chi connectivity index (χ1) is 13.6. The zero-order valence-corrected chi connectivity index (χ0v) is 15.5. The molecule has 1 fully saturated rings. The number of nitrogens with one attached hydrogen (secondary N) is 3. The molecule has 0 saturated heterocycles. The smallest absolute Gasteiger partial charge is 0.225 e. The van der Waals surface area contributed by atoms with Gasteiger partial charge in [0.2, 0.25) is 5.91 Å². The molecule has 3 atom stereocenters. The predicted octanol–water partition coefficient (Wildman–Crippen LogP) is 3.11. The predicted molar refractivity (Wildman–Crippen MR) is 104 cm³/mol. The van der Waals surface area contributed by atoms with E-state index in [1.165, 1.54) is 18.2 Å². The number of carbonyl (C=O) groups is 1. The fourth-order valence-electron chi connectivity index (χ4n) is 3.81. The van der Waals surface area contributed by atoms with Crippen LogP contribution in [0.15, 0.2) is 47.5 Å². The number of rotatable bonds is 4. The highest BCUT2D eigenvalue weighted by Gasteiger charge is 2.42. The quantitative estimate of drug-likeness (QED) is 0.561. The first kappa shape index (κ1) is 18.4. The average Bonchev–Trinajstić information content (AvgIpc) is 3.43. The van der Waals surface area contributed by atoms with Crippen LogP contribution in [0, 0.1) is 11.6 Å². The molecule has 0 bridgehead atoms. The Bertz CT molecular complexity index is 910. The van der Waals surface area contributed by atoms with E-state index in [1.54, 1.807) is 7.05 Å². The van der Waals surface area contributed by atoms with Crippen molar-refractivity contribution in [2.75, 3.05) is 18.9 Å². The summed E-state index contributed by atoms with van der Waals surface area (Å²) in [4.78, 5) is 16.2. The fourth-order valence-corrected chi connectivity index (χ4v) is 3.81.